The summed E-state index contributed by atoms with van der Waals surface area (Å²) in [6, 6.07) is 0. The van der Waals surface area contributed by atoms with E-state index in [9.17, 15) is 9.90 Å². The Morgan fingerprint density at radius 1 is 1.70 bits per heavy atom. The van der Waals surface area contributed by atoms with Crippen LogP contribution >= 0.6 is 0 Å². The summed E-state index contributed by atoms with van der Waals surface area (Å²) in [6.07, 6.45) is -1.30. The van der Waals surface area contributed by atoms with Crippen LogP contribution in [-0.2, 0) is 14.6 Å². The van der Waals surface area contributed by atoms with E-state index in [4.69, 9.17) is 5.11 Å². The first-order valence-electron chi connectivity index (χ1n) is 3.12. The Balaban J connectivity index is 3.37. The normalized spacial score (nSPS) is 12.7. The van der Waals surface area contributed by atoms with Gasteiger partial charge in [0.15, 0.2) is 0 Å². The van der Waals surface area contributed by atoms with Gasteiger partial charge in [0.05, 0.1) is 19.1 Å². The van der Waals surface area contributed by atoms with Gasteiger partial charge in [0.25, 0.3) is 0 Å². The molecule has 0 aromatic rings. The van der Waals surface area contributed by atoms with Gasteiger partial charge >= 0.3 is 5.97 Å². The van der Waals surface area contributed by atoms with Crippen molar-refractivity contribution in [2.24, 2.45) is 0 Å². The van der Waals surface area contributed by atoms with Gasteiger partial charge < -0.3 is 9.84 Å². The minimum Gasteiger partial charge on any atom is -0.466 e. The number of carbonyl (C=O) groups excluding carboxylic acids is 1. The summed E-state index contributed by atoms with van der Waals surface area (Å²) < 4.78 is 4.48. The Kier molecular flexibility index (Phi) is 4.88. The van der Waals surface area contributed by atoms with Gasteiger partial charge in [-0.25, -0.2) is 5.11 Å². The highest BCUT2D eigenvalue weighted by atomic mass is 16.5. The van der Waals surface area contributed by atoms with Crippen LogP contribution in [0.2, 0.25) is 0 Å². The third kappa shape index (κ3) is 4.29. The van der Waals surface area contributed by atoms with Crippen LogP contribution in [0.1, 0.15) is 13.3 Å². The summed E-state index contributed by atoms with van der Waals surface area (Å²) in [5, 5.41) is 18.6. The van der Waals surface area contributed by atoms with Crippen LogP contribution in [-0.4, -0.2) is 30.4 Å². The molecular weight excluding hydrogens is 136 g/mol. The lowest BCUT2D eigenvalue weighted by Gasteiger charge is -2.03. The molecule has 1 unspecified atom stereocenters. The maximum Gasteiger partial charge on any atom is 0.308 e. The summed E-state index contributed by atoms with van der Waals surface area (Å²) in [5.74, 6) is -0.522. The van der Waals surface area contributed by atoms with Gasteiger partial charge in [-0.3, -0.25) is 4.79 Å². The lowest BCUT2D eigenvalue weighted by Crippen LogP contribution is -2.18. The Morgan fingerprint density at radius 3 is 2.70 bits per heavy atom. The van der Waals surface area contributed by atoms with Crippen LogP contribution in [0.15, 0.2) is 0 Å². The number of carbonyl (C=O) groups is 1. The molecule has 0 saturated carbocycles. The van der Waals surface area contributed by atoms with Crippen LogP contribution in [0.4, 0.5) is 0 Å². The van der Waals surface area contributed by atoms with E-state index in [1.54, 1.807) is 6.92 Å². The molecule has 0 bridgehead atoms. The van der Waals surface area contributed by atoms with Gasteiger partial charge in [-0.1, -0.05) is 0 Å². The molecule has 0 rings (SSSR count). The zero-order valence-corrected chi connectivity index (χ0v) is 5.87. The maximum absolute atomic E-state index is 10.5. The van der Waals surface area contributed by atoms with Crippen LogP contribution in [0, 0.1) is 0 Å². The van der Waals surface area contributed by atoms with Crippen LogP contribution in [0.3, 0.4) is 0 Å². The van der Waals surface area contributed by atoms with Crippen LogP contribution in [0.25, 0.3) is 0 Å². The van der Waals surface area contributed by atoms with E-state index in [-0.39, 0.29) is 13.0 Å². The smallest absolute Gasteiger partial charge is 0.308 e. The number of esters is 1. The molecule has 0 aliphatic carbocycles. The topological polar surface area (TPSA) is 66.4 Å². The molecule has 4 nitrogen and oxygen atoms in total. The van der Waals surface area contributed by atoms with E-state index < -0.39 is 18.7 Å². The second-order valence-corrected chi connectivity index (χ2v) is 1.83. The highest BCUT2D eigenvalue weighted by Crippen LogP contribution is 1.92. The number of ether oxygens (including phenoxy) is 1. The second kappa shape index (κ2) is 5.20. The van der Waals surface area contributed by atoms with Crippen molar-refractivity contribution in [3.63, 3.8) is 0 Å². The molecule has 1 N–H and O–H groups in total. The van der Waals surface area contributed by atoms with Crippen LogP contribution < -0.4 is 0 Å². The first-order chi connectivity index (χ1) is 4.70. The summed E-state index contributed by atoms with van der Waals surface area (Å²) in [7, 11) is 0. The molecule has 0 aliphatic heterocycles. The fraction of sp³-hybridized carbons (Fsp3) is 0.833. The second-order valence-electron chi connectivity index (χ2n) is 1.83. The molecule has 1 radical (unpaired) electrons. The average molecular weight is 147 g/mol. The van der Waals surface area contributed by atoms with Crippen molar-refractivity contribution in [3.05, 3.63) is 0 Å². The van der Waals surface area contributed by atoms with E-state index in [0.29, 0.717) is 0 Å². The Labute approximate surface area is 59.4 Å². The molecule has 0 aliphatic rings. The van der Waals surface area contributed by atoms with Crippen molar-refractivity contribution in [2.75, 3.05) is 13.2 Å². The molecule has 1 atom stereocenters. The molecule has 59 valence electrons. The summed E-state index contributed by atoms with van der Waals surface area (Å²) in [6.45, 7) is 1.30. The van der Waals surface area contributed by atoms with Gasteiger partial charge in [-0.05, 0) is 6.92 Å². The highest BCUT2D eigenvalue weighted by molar-refractivity contribution is 5.69. The monoisotopic (exact) mass is 147 g/mol. The van der Waals surface area contributed by atoms with Gasteiger partial charge in [0.1, 0.15) is 6.61 Å². The zero-order chi connectivity index (χ0) is 7.98. The van der Waals surface area contributed by atoms with E-state index in [1.807, 2.05) is 0 Å². The molecule has 10 heavy (non-hydrogen) atoms. The summed E-state index contributed by atoms with van der Waals surface area (Å²) >= 11 is 0. The molecule has 0 spiro atoms. The Hall–Kier alpha value is -0.610. The van der Waals surface area contributed by atoms with E-state index in [0.717, 1.165) is 0 Å². The molecule has 0 amide bonds. The zero-order valence-electron chi connectivity index (χ0n) is 5.87. The molecule has 0 heterocycles. The third-order valence-electron chi connectivity index (χ3n) is 0.900. The minimum atomic E-state index is -1.10. The largest absolute Gasteiger partial charge is 0.466 e. The number of aliphatic hydroxyl groups is 1. The van der Waals surface area contributed by atoms with Gasteiger partial charge in [0.2, 0.25) is 0 Å². The van der Waals surface area contributed by atoms with Crippen molar-refractivity contribution in [1.29, 1.82) is 0 Å². The molecule has 0 fully saturated rings. The third-order valence-corrected chi connectivity index (χ3v) is 0.900. The SMILES string of the molecule is CCOC(=O)CC(O)C[O]. The molecule has 0 aromatic heterocycles. The van der Waals surface area contributed by atoms with E-state index in [1.165, 1.54) is 0 Å². The Morgan fingerprint density at radius 2 is 2.30 bits per heavy atom. The first-order valence-corrected chi connectivity index (χ1v) is 3.12. The van der Waals surface area contributed by atoms with Crippen molar-refractivity contribution in [1.82, 2.24) is 0 Å². The fourth-order valence-electron chi connectivity index (χ4n) is 0.471. The van der Waals surface area contributed by atoms with Crippen molar-refractivity contribution >= 4 is 5.97 Å². The minimum absolute atomic E-state index is 0.197. The van der Waals surface area contributed by atoms with E-state index in [2.05, 4.69) is 4.74 Å². The molecular formula is C6H11O4. The quantitative estimate of drug-likeness (QED) is 0.556. The van der Waals surface area contributed by atoms with E-state index >= 15 is 0 Å². The summed E-state index contributed by atoms with van der Waals surface area (Å²) in [5.41, 5.74) is 0. The first kappa shape index (κ1) is 9.39. The molecule has 0 saturated heterocycles. The standard InChI is InChI=1S/C6H11O4/c1-2-10-6(9)3-5(8)4-7/h5,8H,2-4H2,1H3. The predicted molar refractivity (Wildman–Crippen MR) is 32.8 cm³/mol. The maximum atomic E-state index is 10.5. The number of aliphatic hydroxyl groups excluding tert-OH is 1. The molecule has 0 aromatic carbocycles. The lowest BCUT2D eigenvalue weighted by atomic mass is 10.3. The number of rotatable bonds is 4. The highest BCUT2D eigenvalue weighted by Gasteiger charge is 2.09. The van der Waals surface area contributed by atoms with Gasteiger partial charge in [-0.2, -0.15) is 0 Å². The van der Waals surface area contributed by atoms with Crippen molar-refractivity contribution in [3.8, 4) is 0 Å². The Bertz CT molecular complexity index is 102. The fourth-order valence-corrected chi connectivity index (χ4v) is 0.471. The summed E-state index contributed by atoms with van der Waals surface area (Å²) in [4.78, 5) is 10.5. The van der Waals surface area contributed by atoms with Gasteiger partial charge in [0, 0.05) is 0 Å². The van der Waals surface area contributed by atoms with Crippen molar-refractivity contribution < 1.29 is 19.7 Å². The lowest BCUT2D eigenvalue weighted by molar-refractivity contribution is -0.146. The average Bonchev–Trinajstić information content (AvgIpc) is 1.88. The van der Waals surface area contributed by atoms with Crippen molar-refractivity contribution in [2.45, 2.75) is 19.4 Å². The number of hydrogen-bond donors (Lipinski definition) is 1. The van der Waals surface area contributed by atoms with Gasteiger partial charge in [-0.15, -0.1) is 0 Å². The predicted octanol–water partition coefficient (Wildman–Crippen LogP) is -0.269. The number of hydrogen-bond acceptors (Lipinski definition) is 3. The molecule has 4 heteroatoms. The van der Waals surface area contributed by atoms with Crippen LogP contribution in [0.5, 0.6) is 0 Å².